The first-order valence-electron chi connectivity index (χ1n) is 10.2. The molecule has 2 amide bonds. The Labute approximate surface area is 187 Å². The smallest absolute Gasteiger partial charge is 0.277 e. The second kappa shape index (κ2) is 9.97. The van der Waals surface area contributed by atoms with E-state index < -0.39 is 23.4 Å². The Bertz CT molecular complexity index is 1250. The number of amides is 2. The summed E-state index contributed by atoms with van der Waals surface area (Å²) in [6, 6.07) is 5.59. The summed E-state index contributed by atoms with van der Waals surface area (Å²) in [6.45, 7) is 3.51. The number of rotatable bonds is 1. The average Bonchev–Trinajstić information content (AvgIpc) is 3.36. The third-order valence-corrected chi connectivity index (χ3v) is 5.29. The third-order valence-electron chi connectivity index (χ3n) is 5.29. The number of aryl methyl sites for hydroxylation is 1. The van der Waals surface area contributed by atoms with E-state index in [1.807, 2.05) is 6.92 Å². The zero-order chi connectivity index (χ0) is 24.3. The Kier molecular flexibility index (Phi) is 7.29. The zero-order valence-corrected chi connectivity index (χ0v) is 18.2. The van der Waals surface area contributed by atoms with E-state index in [2.05, 4.69) is 15.3 Å². The van der Waals surface area contributed by atoms with E-state index in [0.29, 0.717) is 22.2 Å². The number of fused-ring (bicyclic) bond motifs is 3. The van der Waals surface area contributed by atoms with E-state index in [9.17, 15) is 23.2 Å². The number of nitrogens with one attached hydrogen (secondary N) is 2. The molecule has 2 atom stereocenters. The van der Waals surface area contributed by atoms with Crippen LogP contribution in [0, 0.1) is 18.6 Å². The van der Waals surface area contributed by atoms with Gasteiger partial charge in [0.2, 0.25) is 0 Å². The highest BCUT2D eigenvalue weighted by Gasteiger charge is 2.32. The maximum absolute atomic E-state index is 12.4. The van der Waals surface area contributed by atoms with Gasteiger partial charge in [0.15, 0.2) is 17.1 Å². The molecule has 8 nitrogen and oxygen atoms in total. The Morgan fingerprint density at radius 3 is 2.45 bits per heavy atom. The van der Waals surface area contributed by atoms with Crippen LogP contribution in [-0.4, -0.2) is 40.1 Å². The largest absolute Gasteiger partial charge is 0.400 e. The second-order valence-electron chi connectivity index (χ2n) is 7.53. The molecule has 0 spiro atoms. The molecule has 0 saturated carbocycles. The lowest BCUT2D eigenvalue weighted by molar-refractivity contribution is 0.0531. The van der Waals surface area contributed by atoms with Gasteiger partial charge in [-0.2, -0.15) is 0 Å². The van der Waals surface area contributed by atoms with Gasteiger partial charge in [-0.25, -0.2) is 13.8 Å². The number of halogens is 2. The number of aromatic nitrogens is 2. The number of hydrogen-bond acceptors (Lipinski definition) is 6. The van der Waals surface area contributed by atoms with Gasteiger partial charge < -0.3 is 14.8 Å². The Balaban J connectivity index is 0.000000234. The molecular weight excluding hydrogens is 436 g/mol. The first-order chi connectivity index (χ1) is 15.8. The SMILES string of the molecule is CO.C[C@@H]1CCC(c2cc(=O)c3cnc4c(c3[nH]2)C(=O)NC4=O)O1.Cc1cccc(F)c1F. The summed E-state index contributed by atoms with van der Waals surface area (Å²) in [6.07, 6.45) is 2.99. The van der Waals surface area contributed by atoms with E-state index in [-0.39, 0.29) is 28.9 Å². The van der Waals surface area contributed by atoms with Crippen LogP contribution in [0.3, 0.4) is 0 Å². The van der Waals surface area contributed by atoms with E-state index in [0.717, 1.165) is 26.0 Å². The van der Waals surface area contributed by atoms with Gasteiger partial charge in [0.1, 0.15) is 5.69 Å². The number of aliphatic hydroxyl groups is 1. The number of aliphatic hydroxyl groups excluding tert-OH is 1. The highest BCUT2D eigenvalue weighted by Crippen LogP contribution is 2.32. The minimum Gasteiger partial charge on any atom is -0.400 e. The van der Waals surface area contributed by atoms with Crippen molar-refractivity contribution in [2.45, 2.75) is 38.9 Å². The molecule has 1 fully saturated rings. The molecule has 3 aromatic rings. The van der Waals surface area contributed by atoms with Crippen LogP contribution in [0.5, 0.6) is 0 Å². The van der Waals surface area contributed by atoms with Crippen molar-refractivity contribution in [2.24, 2.45) is 0 Å². The number of aromatic amines is 1. The number of pyridine rings is 2. The quantitative estimate of drug-likeness (QED) is 0.481. The zero-order valence-electron chi connectivity index (χ0n) is 18.2. The number of ether oxygens (including phenoxy) is 1. The van der Waals surface area contributed by atoms with Gasteiger partial charge in [-0.1, -0.05) is 12.1 Å². The molecule has 2 aromatic heterocycles. The molecule has 1 unspecified atom stereocenters. The van der Waals surface area contributed by atoms with Crippen LogP contribution in [0.15, 0.2) is 35.3 Å². The fourth-order valence-corrected chi connectivity index (χ4v) is 3.66. The van der Waals surface area contributed by atoms with Crippen LogP contribution >= 0.6 is 0 Å². The van der Waals surface area contributed by atoms with Crippen molar-refractivity contribution in [1.29, 1.82) is 0 Å². The lowest BCUT2D eigenvalue weighted by atomic mass is 10.1. The van der Waals surface area contributed by atoms with Gasteiger partial charge in [0.05, 0.1) is 28.7 Å². The standard InChI is InChI=1S/C15H13N3O4.C7H6F2.CH4O/c1-6-2-3-10(22-6)8-4-9(19)7-5-16-13-11(12(7)17-8)14(20)18-15(13)21;1-5-3-2-4-6(8)7(5)9;1-2/h4-6,10H,2-3H2,1H3,(H,17,19)(H,18,20,21);2-4H,1H3;2H,1H3/t6-,10?;;/m1../s1. The molecular formula is C23H23F2N3O5. The Morgan fingerprint density at radius 1 is 1.12 bits per heavy atom. The lowest BCUT2D eigenvalue weighted by Crippen LogP contribution is -2.20. The monoisotopic (exact) mass is 459 g/mol. The van der Waals surface area contributed by atoms with Crippen molar-refractivity contribution < 1.29 is 28.2 Å². The molecule has 0 aliphatic carbocycles. The maximum atomic E-state index is 12.4. The summed E-state index contributed by atoms with van der Waals surface area (Å²) in [5.74, 6) is -2.61. The predicted octanol–water partition coefficient (Wildman–Crippen LogP) is 2.93. The summed E-state index contributed by atoms with van der Waals surface area (Å²) in [4.78, 5) is 43.0. The van der Waals surface area contributed by atoms with Gasteiger partial charge >= 0.3 is 0 Å². The number of hydrogen-bond donors (Lipinski definition) is 3. The van der Waals surface area contributed by atoms with Gasteiger partial charge in [0, 0.05) is 25.1 Å². The summed E-state index contributed by atoms with van der Waals surface area (Å²) >= 11 is 0. The molecule has 1 aromatic carbocycles. The molecule has 10 heteroatoms. The van der Waals surface area contributed by atoms with Crippen LogP contribution in [0.4, 0.5) is 8.78 Å². The van der Waals surface area contributed by atoms with E-state index >= 15 is 0 Å². The molecule has 174 valence electrons. The first kappa shape index (κ1) is 24.1. The van der Waals surface area contributed by atoms with Crippen LogP contribution in [0.25, 0.3) is 10.9 Å². The van der Waals surface area contributed by atoms with Crippen molar-refractivity contribution in [3.63, 3.8) is 0 Å². The van der Waals surface area contributed by atoms with Crippen molar-refractivity contribution >= 4 is 22.7 Å². The number of imide groups is 1. The van der Waals surface area contributed by atoms with Crippen LogP contribution in [0.1, 0.15) is 58.0 Å². The highest BCUT2D eigenvalue weighted by atomic mass is 19.2. The van der Waals surface area contributed by atoms with E-state index in [1.54, 1.807) is 0 Å². The molecule has 0 bridgehead atoms. The van der Waals surface area contributed by atoms with Crippen LogP contribution < -0.4 is 10.7 Å². The minimum absolute atomic E-state index is 0.0472. The number of carbonyl (C=O) groups is 2. The van der Waals surface area contributed by atoms with Gasteiger partial charge in [-0.3, -0.25) is 19.7 Å². The highest BCUT2D eigenvalue weighted by molar-refractivity contribution is 6.24. The normalized spacial score (nSPS) is 18.7. The molecule has 2 aliphatic heterocycles. The lowest BCUT2D eigenvalue weighted by Gasteiger charge is -2.13. The third kappa shape index (κ3) is 4.81. The van der Waals surface area contributed by atoms with Gasteiger partial charge in [-0.15, -0.1) is 0 Å². The fraction of sp³-hybridized carbons (Fsp3) is 0.304. The average molecular weight is 459 g/mol. The van der Waals surface area contributed by atoms with Crippen LogP contribution in [-0.2, 0) is 4.74 Å². The molecule has 5 rings (SSSR count). The van der Waals surface area contributed by atoms with Gasteiger partial charge in [0.25, 0.3) is 11.8 Å². The number of benzene rings is 1. The number of carbonyl (C=O) groups excluding carboxylic acids is 2. The van der Waals surface area contributed by atoms with E-state index in [4.69, 9.17) is 9.84 Å². The Hall–Kier alpha value is -3.50. The van der Waals surface area contributed by atoms with Crippen molar-refractivity contribution in [3.8, 4) is 0 Å². The van der Waals surface area contributed by atoms with Crippen LogP contribution in [0.2, 0.25) is 0 Å². The molecule has 3 N–H and O–H groups in total. The summed E-state index contributed by atoms with van der Waals surface area (Å²) in [5.41, 5.74) is 1.25. The molecule has 4 heterocycles. The van der Waals surface area contributed by atoms with Crippen molar-refractivity contribution in [3.05, 3.63) is 74.8 Å². The second-order valence-corrected chi connectivity index (χ2v) is 7.53. The minimum atomic E-state index is -0.782. The predicted molar refractivity (Wildman–Crippen MR) is 116 cm³/mol. The topological polar surface area (TPSA) is 121 Å². The molecule has 2 aliphatic rings. The number of nitrogens with zero attached hydrogens (tertiary/aromatic N) is 1. The molecule has 1 saturated heterocycles. The molecule has 0 radical (unpaired) electrons. The number of H-pyrrole nitrogens is 1. The van der Waals surface area contributed by atoms with Gasteiger partial charge in [-0.05, 0) is 38.3 Å². The fourth-order valence-electron chi connectivity index (χ4n) is 3.66. The van der Waals surface area contributed by atoms with Crippen molar-refractivity contribution in [2.75, 3.05) is 7.11 Å². The molecule has 33 heavy (non-hydrogen) atoms. The summed E-state index contributed by atoms with van der Waals surface area (Å²) < 4.78 is 30.3. The summed E-state index contributed by atoms with van der Waals surface area (Å²) in [7, 11) is 1.00. The van der Waals surface area contributed by atoms with Crippen molar-refractivity contribution in [1.82, 2.24) is 15.3 Å². The maximum Gasteiger partial charge on any atom is 0.277 e. The van der Waals surface area contributed by atoms with E-state index in [1.165, 1.54) is 31.3 Å². The summed E-state index contributed by atoms with van der Waals surface area (Å²) in [5, 5.41) is 9.49. The first-order valence-corrected chi connectivity index (χ1v) is 10.2. The Morgan fingerprint density at radius 2 is 1.85 bits per heavy atom.